The lowest BCUT2D eigenvalue weighted by Gasteiger charge is -2.29. The highest BCUT2D eigenvalue weighted by Crippen LogP contribution is 2.25. The number of aromatic nitrogens is 4. The van der Waals surface area contributed by atoms with Gasteiger partial charge in [0.2, 0.25) is 0 Å². The average Bonchev–Trinajstić information content (AvgIpc) is 2.94. The number of hydrogen-bond acceptors (Lipinski definition) is 7. The SMILES string of the molecule is Nc1nn(-c2ccc(O)cc2)c2nc(NC3CCCC[C@H]3N)cnc12. The quantitative estimate of drug-likeness (QED) is 0.572. The van der Waals surface area contributed by atoms with Crippen LogP contribution in [-0.2, 0) is 0 Å². The molecule has 0 aliphatic heterocycles. The van der Waals surface area contributed by atoms with Crippen molar-refractivity contribution in [1.82, 2.24) is 19.7 Å². The number of nitrogen functional groups attached to an aromatic ring is 1. The normalized spacial score (nSPS) is 20.7. The first-order valence-corrected chi connectivity index (χ1v) is 8.44. The zero-order chi connectivity index (χ0) is 17.4. The van der Waals surface area contributed by atoms with E-state index in [4.69, 9.17) is 11.5 Å². The number of fused-ring (bicyclic) bond motifs is 1. The van der Waals surface area contributed by atoms with Crippen LogP contribution in [0.5, 0.6) is 5.75 Å². The first-order valence-electron chi connectivity index (χ1n) is 8.44. The molecule has 25 heavy (non-hydrogen) atoms. The molecule has 8 heteroatoms. The fourth-order valence-electron chi connectivity index (χ4n) is 3.28. The fourth-order valence-corrected chi connectivity index (χ4v) is 3.28. The zero-order valence-corrected chi connectivity index (χ0v) is 13.8. The molecule has 130 valence electrons. The van der Waals surface area contributed by atoms with Gasteiger partial charge in [-0.25, -0.2) is 14.6 Å². The predicted molar refractivity (Wildman–Crippen MR) is 96.6 cm³/mol. The smallest absolute Gasteiger partial charge is 0.185 e. The second-order valence-corrected chi connectivity index (χ2v) is 6.44. The third kappa shape index (κ3) is 2.96. The Morgan fingerprint density at radius 2 is 1.92 bits per heavy atom. The fraction of sp³-hybridized carbons (Fsp3) is 0.353. The third-order valence-electron chi connectivity index (χ3n) is 4.65. The van der Waals surface area contributed by atoms with Gasteiger partial charge in [-0.1, -0.05) is 12.8 Å². The second-order valence-electron chi connectivity index (χ2n) is 6.44. The molecule has 2 aromatic heterocycles. The van der Waals surface area contributed by atoms with Gasteiger partial charge >= 0.3 is 0 Å². The van der Waals surface area contributed by atoms with Crippen molar-refractivity contribution in [2.75, 3.05) is 11.1 Å². The Kier molecular flexibility index (Phi) is 3.89. The highest BCUT2D eigenvalue weighted by molar-refractivity contribution is 5.84. The van der Waals surface area contributed by atoms with Gasteiger partial charge in [-0.15, -0.1) is 5.10 Å². The van der Waals surface area contributed by atoms with Crippen molar-refractivity contribution >= 4 is 22.8 Å². The molecule has 8 nitrogen and oxygen atoms in total. The molecule has 1 unspecified atom stereocenters. The third-order valence-corrected chi connectivity index (χ3v) is 4.65. The van der Waals surface area contributed by atoms with Crippen LogP contribution in [0.3, 0.4) is 0 Å². The molecule has 4 rings (SSSR count). The summed E-state index contributed by atoms with van der Waals surface area (Å²) >= 11 is 0. The van der Waals surface area contributed by atoms with E-state index in [1.165, 1.54) is 12.8 Å². The summed E-state index contributed by atoms with van der Waals surface area (Å²) in [5, 5.41) is 17.2. The summed E-state index contributed by atoms with van der Waals surface area (Å²) in [6.07, 6.45) is 6.06. The van der Waals surface area contributed by atoms with Gasteiger partial charge in [-0.05, 0) is 37.1 Å². The molecule has 0 radical (unpaired) electrons. The van der Waals surface area contributed by atoms with Crippen LogP contribution in [0, 0.1) is 0 Å². The molecule has 1 aliphatic carbocycles. The number of hydrogen-bond donors (Lipinski definition) is 4. The van der Waals surface area contributed by atoms with Gasteiger partial charge in [0, 0.05) is 12.1 Å². The van der Waals surface area contributed by atoms with Gasteiger partial charge in [0.15, 0.2) is 17.0 Å². The lowest BCUT2D eigenvalue weighted by Crippen LogP contribution is -2.42. The van der Waals surface area contributed by atoms with E-state index in [1.807, 2.05) is 0 Å². The summed E-state index contributed by atoms with van der Waals surface area (Å²) in [7, 11) is 0. The maximum atomic E-state index is 9.47. The van der Waals surface area contributed by atoms with E-state index in [0.29, 0.717) is 22.8 Å². The summed E-state index contributed by atoms with van der Waals surface area (Å²) in [6, 6.07) is 7.01. The molecule has 1 fully saturated rings. The summed E-state index contributed by atoms with van der Waals surface area (Å²) in [6.45, 7) is 0. The van der Waals surface area contributed by atoms with Crippen molar-refractivity contribution in [3.05, 3.63) is 30.5 Å². The molecular formula is C17H21N7O. The van der Waals surface area contributed by atoms with Crippen molar-refractivity contribution in [2.45, 2.75) is 37.8 Å². The molecule has 0 saturated heterocycles. The Bertz CT molecular complexity index is 890. The molecule has 2 atom stereocenters. The molecule has 0 amide bonds. The van der Waals surface area contributed by atoms with Crippen LogP contribution in [0.2, 0.25) is 0 Å². The Morgan fingerprint density at radius 1 is 1.16 bits per heavy atom. The van der Waals surface area contributed by atoms with E-state index in [-0.39, 0.29) is 17.8 Å². The zero-order valence-electron chi connectivity index (χ0n) is 13.8. The number of benzene rings is 1. The Hall–Kier alpha value is -2.87. The van der Waals surface area contributed by atoms with E-state index in [2.05, 4.69) is 20.4 Å². The molecule has 1 aliphatic rings. The van der Waals surface area contributed by atoms with E-state index in [0.717, 1.165) is 18.5 Å². The monoisotopic (exact) mass is 339 g/mol. The van der Waals surface area contributed by atoms with Gasteiger partial charge < -0.3 is 21.9 Å². The molecule has 1 aromatic carbocycles. The lowest BCUT2D eigenvalue weighted by molar-refractivity contribution is 0.403. The number of rotatable bonds is 3. The van der Waals surface area contributed by atoms with Crippen molar-refractivity contribution in [1.29, 1.82) is 0 Å². The van der Waals surface area contributed by atoms with Crippen LogP contribution in [0.15, 0.2) is 30.5 Å². The number of aromatic hydroxyl groups is 1. The number of phenols is 1. The van der Waals surface area contributed by atoms with Crippen LogP contribution in [0.1, 0.15) is 25.7 Å². The van der Waals surface area contributed by atoms with Crippen molar-refractivity contribution < 1.29 is 5.11 Å². The molecular weight excluding hydrogens is 318 g/mol. The lowest BCUT2D eigenvalue weighted by atomic mass is 9.91. The molecule has 1 saturated carbocycles. The van der Waals surface area contributed by atoms with Gasteiger partial charge in [-0.2, -0.15) is 0 Å². The number of nitrogens with two attached hydrogens (primary N) is 2. The topological polar surface area (TPSA) is 128 Å². The largest absolute Gasteiger partial charge is 0.508 e. The maximum absolute atomic E-state index is 9.47. The predicted octanol–water partition coefficient (Wildman–Crippen LogP) is 1.79. The Balaban J connectivity index is 1.71. The molecule has 0 spiro atoms. The number of nitrogens with zero attached hydrogens (tertiary/aromatic N) is 4. The highest BCUT2D eigenvalue weighted by atomic mass is 16.3. The molecule has 2 heterocycles. The van der Waals surface area contributed by atoms with E-state index >= 15 is 0 Å². The van der Waals surface area contributed by atoms with Gasteiger partial charge in [0.25, 0.3) is 0 Å². The average molecular weight is 339 g/mol. The van der Waals surface area contributed by atoms with Crippen LogP contribution >= 0.6 is 0 Å². The second kappa shape index (κ2) is 6.21. The van der Waals surface area contributed by atoms with Crippen LogP contribution in [0.25, 0.3) is 16.9 Å². The van der Waals surface area contributed by atoms with E-state index in [1.54, 1.807) is 35.1 Å². The number of phenolic OH excluding ortho intramolecular Hbond substituents is 1. The first kappa shape index (κ1) is 15.6. The first-order chi connectivity index (χ1) is 12.1. The van der Waals surface area contributed by atoms with E-state index < -0.39 is 0 Å². The Labute approximate surface area is 144 Å². The Morgan fingerprint density at radius 3 is 2.68 bits per heavy atom. The standard InChI is InChI=1S/C17H21N7O/c18-12-3-1-2-4-13(12)21-14-9-20-15-16(19)23-24(17(15)22-14)10-5-7-11(25)8-6-10/h5-9,12-13,25H,1-4,18H2,(H2,19,23)(H,21,22)/t12-,13?/m1/s1. The summed E-state index contributed by atoms with van der Waals surface area (Å²) in [5.41, 5.74) is 14.0. The van der Waals surface area contributed by atoms with Crippen LogP contribution in [-0.4, -0.2) is 36.9 Å². The van der Waals surface area contributed by atoms with Crippen LogP contribution in [0.4, 0.5) is 11.6 Å². The minimum absolute atomic E-state index is 0.123. The molecule has 6 N–H and O–H groups in total. The molecule has 3 aromatic rings. The van der Waals surface area contributed by atoms with Gasteiger partial charge in [0.1, 0.15) is 11.6 Å². The highest BCUT2D eigenvalue weighted by Gasteiger charge is 2.22. The van der Waals surface area contributed by atoms with Gasteiger partial charge in [0.05, 0.1) is 11.9 Å². The van der Waals surface area contributed by atoms with E-state index in [9.17, 15) is 5.11 Å². The maximum Gasteiger partial charge on any atom is 0.185 e. The minimum atomic E-state index is 0.123. The summed E-state index contributed by atoms with van der Waals surface area (Å²) < 4.78 is 1.63. The minimum Gasteiger partial charge on any atom is -0.508 e. The summed E-state index contributed by atoms with van der Waals surface area (Å²) in [5.74, 6) is 1.17. The summed E-state index contributed by atoms with van der Waals surface area (Å²) in [4.78, 5) is 9.06. The van der Waals surface area contributed by atoms with Crippen molar-refractivity contribution in [3.8, 4) is 11.4 Å². The van der Waals surface area contributed by atoms with Gasteiger partial charge in [-0.3, -0.25) is 0 Å². The van der Waals surface area contributed by atoms with Crippen molar-refractivity contribution in [3.63, 3.8) is 0 Å². The van der Waals surface area contributed by atoms with Crippen LogP contribution < -0.4 is 16.8 Å². The number of anilines is 2. The van der Waals surface area contributed by atoms with Crippen molar-refractivity contribution in [2.24, 2.45) is 5.73 Å². The number of nitrogens with one attached hydrogen (secondary N) is 1. The molecule has 0 bridgehead atoms.